The van der Waals surface area contributed by atoms with E-state index in [1.54, 1.807) is 0 Å². The van der Waals surface area contributed by atoms with Crippen LogP contribution in [0.4, 0.5) is 5.69 Å². The van der Waals surface area contributed by atoms with Gasteiger partial charge in [-0.2, -0.15) is 0 Å². The fourth-order valence-corrected chi connectivity index (χ4v) is 4.11. The first kappa shape index (κ1) is 17.8. The van der Waals surface area contributed by atoms with E-state index < -0.39 is 0 Å². The molecule has 1 aliphatic heterocycles. The summed E-state index contributed by atoms with van der Waals surface area (Å²) in [4.78, 5) is 10.9. The van der Waals surface area contributed by atoms with Gasteiger partial charge < -0.3 is 9.88 Å². The summed E-state index contributed by atoms with van der Waals surface area (Å²) in [5, 5.41) is 0. The number of aromatic amines is 1. The van der Waals surface area contributed by atoms with Crippen LogP contribution >= 0.6 is 0 Å². The van der Waals surface area contributed by atoms with E-state index in [1.807, 2.05) is 0 Å². The minimum Gasteiger partial charge on any atom is -0.367 e. The molecule has 0 radical (unpaired) electrons. The highest BCUT2D eigenvalue weighted by atomic mass is 15.2. The van der Waals surface area contributed by atoms with Gasteiger partial charge in [-0.25, -0.2) is 4.98 Å². The third kappa shape index (κ3) is 3.64. The smallest absolute Gasteiger partial charge is 0.107 e. The molecule has 3 heteroatoms. The van der Waals surface area contributed by atoms with Crippen molar-refractivity contribution in [2.75, 3.05) is 18.0 Å². The number of benzene rings is 2. The number of hydrogen-bond donors (Lipinski definition) is 1. The molecule has 0 fully saturated rings. The Kier molecular flexibility index (Phi) is 4.77. The van der Waals surface area contributed by atoms with Gasteiger partial charge in [-0.1, -0.05) is 63.3 Å². The van der Waals surface area contributed by atoms with E-state index in [1.165, 1.54) is 16.8 Å². The highest BCUT2D eigenvalue weighted by Gasteiger charge is 2.35. The summed E-state index contributed by atoms with van der Waals surface area (Å²) < 4.78 is 0. The minimum absolute atomic E-state index is 0.166. The fraction of sp³-hybridized carbons (Fsp3) is 0.375. The predicted molar refractivity (Wildman–Crippen MR) is 115 cm³/mol. The van der Waals surface area contributed by atoms with Crippen molar-refractivity contribution in [3.63, 3.8) is 0 Å². The molecule has 0 aliphatic carbocycles. The number of rotatable bonds is 6. The van der Waals surface area contributed by atoms with Crippen molar-refractivity contribution in [3.8, 4) is 0 Å². The van der Waals surface area contributed by atoms with Crippen molar-refractivity contribution < 1.29 is 0 Å². The molecule has 0 amide bonds. The number of imidazole rings is 1. The van der Waals surface area contributed by atoms with Crippen molar-refractivity contribution in [1.82, 2.24) is 9.97 Å². The highest BCUT2D eigenvalue weighted by molar-refractivity contribution is 5.84. The predicted octanol–water partition coefficient (Wildman–Crippen LogP) is 5.41. The Bertz CT molecular complexity index is 950. The monoisotopic (exact) mass is 359 g/mol. The third-order valence-electron chi connectivity index (χ3n) is 5.53. The number of nitrogens with one attached hydrogen (secondary N) is 1. The van der Waals surface area contributed by atoms with Gasteiger partial charge in [0.15, 0.2) is 0 Å². The van der Waals surface area contributed by atoms with Crippen LogP contribution in [0.25, 0.3) is 11.0 Å². The average molecular weight is 360 g/mol. The van der Waals surface area contributed by atoms with Crippen LogP contribution in [0, 0.1) is 0 Å². The molecule has 3 aromatic rings. The lowest BCUT2D eigenvalue weighted by Crippen LogP contribution is -2.28. The summed E-state index contributed by atoms with van der Waals surface area (Å²) in [6.07, 6.45) is 7.58. The van der Waals surface area contributed by atoms with Gasteiger partial charge in [0.1, 0.15) is 5.82 Å². The van der Waals surface area contributed by atoms with Crippen molar-refractivity contribution in [2.24, 2.45) is 0 Å². The Balaban J connectivity index is 1.60. The molecule has 0 spiro atoms. The van der Waals surface area contributed by atoms with Gasteiger partial charge in [-0.05, 0) is 36.1 Å². The molecule has 3 nitrogen and oxygen atoms in total. The zero-order chi connectivity index (χ0) is 18.9. The first-order chi connectivity index (χ1) is 13.1. The standard InChI is InChI=1S/C24H29N3/c1-4-5-9-14-27-17-24(2,3)19-15-20-21(16-22(19)27)26-23(25-20)13-12-18-10-7-6-8-11-18/h5-11,15-16H,4,12-14,17H2,1-3H3,(H,25,26)/b9-5+. The number of fused-ring (bicyclic) bond motifs is 2. The SMILES string of the molecule is CC/C=C/CN1CC(C)(C)c2cc3[nH]c(CCc4ccccc4)nc3cc21. The van der Waals surface area contributed by atoms with Crippen molar-refractivity contribution in [3.05, 3.63) is 71.6 Å². The Hall–Kier alpha value is -2.55. The molecule has 4 rings (SSSR count). The summed E-state index contributed by atoms with van der Waals surface area (Å²) in [5.74, 6) is 1.08. The first-order valence-electron chi connectivity index (χ1n) is 10.0. The minimum atomic E-state index is 0.166. The number of nitrogens with zero attached hydrogens (tertiary/aromatic N) is 2. The highest BCUT2D eigenvalue weighted by Crippen LogP contribution is 2.42. The number of H-pyrrole nitrogens is 1. The van der Waals surface area contributed by atoms with Crippen LogP contribution in [0.2, 0.25) is 0 Å². The van der Waals surface area contributed by atoms with Gasteiger partial charge in [0.05, 0.1) is 11.0 Å². The Labute approximate surface area is 162 Å². The van der Waals surface area contributed by atoms with Gasteiger partial charge in [0.2, 0.25) is 0 Å². The van der Waals surface area contributed by atoms with Crippen LogP contribution in [0.15, 0.2) is 54.6 Å². The van der Waals surface area contributed by atoms with Crippen LogP contribution in [0.1, 0.15) is 44.1 Å². The Morgan fingerprint density at radius 3 is 2.70 bits per heavy atom. The quantitative estimate of drug-likeness (QED) is 0.597. The summed E-state index contributed by atoms with van der Waals surface area (Å²) in [6.45, 7) is 8.90. The van der Waals surface area contributed by atoms with E-state index in [0.29, 0.717) is 0 Å². The lowest BCUT2D eigenvalue weighted by Gasteiger charge is -2.21. The average Bonchev–Trinajstić information content (AvgIpc) is 3.17. The fourth-order valence-electron chi connectivity index (χ4n) is 4.11. The molecule has 0 atom stereocenters. The molecule has 1 aliphatic rings. The van der Waals surface area contributed by atoms with Gasteiger partial charge >= 0.3 is 0 Å². The molecule has 0 saturated heterocycles. The van der Waals surface area contributed by atoms with Crippen LogP contribution in [-0.4, -0.2) is 23.1 Å². The number of allylic oxidation sites excluding steroid dienone is 1. The van der Waals surface area contributed by atoms with Crippen molar-refractivity contribution in [1.29, 1.82) is 0 Å². The summed E-state index contributed by atoms with van der Waals surface area (Å²) in [5.41, 5.74) is 6.54. The van der Waals surface area contributed by atoms with Crippen molar-refractivity contribution in [2.45, 2.75) is 45.4 Å². The molecule has 2 heterocycles. The molecule has 0 unspecified atom stereocenters. The van der Waals surface area contributed by atoms with E-state index in [2.05, 4.69) is 85.3 Å². The zero-order valence-corrected chi connectivity index (χ0v) is 16.6. The number of hydrogen-bond acceptors (Lipinski definition) is 2. The van der Waals surface area contributed by atoms with Crippen molar-refractivity contribution >= 4 is 16.7 Å². The first-order valence-corrected chi connectivity index (χ1v) is 10.0. The molecule has 0 saturated carbocycles. The molecular weight excluding hydrogens is 330 g/mol. The number of anilines is 1. The molecular formula is C24H29N3. The number of aromatic nitrogens is 2. The molecule has 1 N–H and O–H groups in total. The summed E-state index contributed by atoms with van der Waals surface area (Å²) >= 11 is 0. The maximum Gasteiger partial charge on any atom is 0.107 e. The lowest BCUT2D eigenvalue weighted by molar-refractivity contribution is 0.558. The molecule has 2 aromatic carbocycles. The Morgan fingerprint density at radius 2 is 1.93 bits per heavy atom. The maximum atomic E-state index is 4.88. The van der Waals surface area contributed by atoms with Gasteiger partial charge in [-0.15, -0.1) is 0 Å². The second-order valence-electron chi connectivity index (χ2n) is 8.20. The lowest BCUT2D eigenvalue weighted by atomic mass is 9.87. The third-order valence-corrected chi connectivity index (χ3v) is 5.53. The molecule has 140 valence electrons. The van der Waals surface area contributed by atoms with E-state index in [-0.39, 0.29) is 5.41 Å². The van der Waals surface area contributed by atoms with E-state index >= 15 is 0 Å². The van der Waals surface area contributed by atoms with Crippen LogP contribution in [-0.2, 0) is 18.3 Å². The van der Waals surface area contributed by atoms with E-state index in [9.17, 15) is 0 Å². The van der Waals surface area contributed by atoms with E-state index in [4.69, 9.17) is 4.98 Å². The topological polar surface area (TPSA) is 31.9 Å². The van der Waals surface area contributed by atoms with Crippen LogP contribution in [0.3, 0.4) is 0 Å². The Morgan fingerprint density at radius 1 is 1.11 bits per heavy atom. The normalized spacial score (nSPS) is 15.7. The molecule has 0 bridgehead atoms. The largest absolute Gasteiger partial charge is 0.367 e. The van der Waals surface area contributed by atoms with Gasteiger partial charge in [-0.3, -0.25) is 0 Å². The van der Waals surface area contributed by atoms with Gasteiger partial charge in [0, 0.05) is 30.6 Å². The molecule has 1 aromatic heterocycles. The van der Waals surface area contributed by atoms with Gasteiger partial charge in [0.25, 0.3) is 0 Å². The van der Waals surface area contributed by atoms with Crippen LogP contribution < -0.4 is 4.90 Å². The number of aryl methyl sites for hydroxylation is 2. The van der Waals surface area contributed by atoms with E-state index in [0.717, 1.165) is 49.2 Å². The maximum absolute atomic E-state index is 4.88. The second-order valence-corrected chi connectivity index (χ2v) is 8.20. The van der Waals surface area contributed by atoms with Crippen LogP contribution in [0.5, 0.6) is 0 Å². The summed E-state index contributed by atoms with van der Waals surface area (Å²) in [6, 6.07) is 15.2. The second kappa shape index (κ2) is 7.22. The summed E-state index contributed by atoms with van der Waals surface area (Å²) in [7, 11) is 0. The molecule has 27 heavy (non-hydrogen) atoms. The zero-order valence-electron chi connectivity index (χ0n) is 16.6.